The van der Waals surface area contributed by atoms with Crippen LogP contribution in [0.5, 0.6) is 0 Å². The van der Waals surface area contributed by atoms with Crippen molar-refractivity contribution in [1.82, 2.24) is 0 Å². The normalized spacial score (nSPS) is 29.0. The third-order valence-electron chi connectivity index (χ3n) is 1.43. The van der Waals surface area contributed by atoms with Crippen LogP contribution in [0.4, 0.5) is 0 Å². The van der Waals surface area contributed by atoms with Crippen molar-refractivity contribution in [2.75, 3.05) is 6.61 Å². The molecule has 0 aromatic heterocycles. The fraction of sp³-hybridized carbons (Fsp3) is 0.833. The molecule has 0 spiro atoms. The molecule has 1 aliphatic heterocycles. The molecule has 1 saturated heterocycles. The number of esters is 1. The summed E-state index contributed by atoms with van der Waals surface area (Å²) in [6, 6.07) is 0. The van der Waals surface area contributed by atoms with Crippen molar-refractivity contribution in [2.24, 2.45) is 0 Å². The van der Waals surface area contributed by atoms with Crippen molar-refractivity contribution in [1.29, 1.82) is 0 Å². The molecule has 1 rings (SSSR count). The van der Waals surface area contributed by atoms with Gasteiger partial charge >= 0.3 is 59.3 Å². The van der Waals surface area contributed by atoms with E-state index in [9.17, 15) is 4.79 Å². The molecular formula is C6H11AsO2. The standard InChI is InChI=1S/C6H11AsO2/c1-7-3-2-6(8)9-5-4-7/h2-5H2,1H3. The Morgan fingerprint density at radius 1 is 1.56 bits per heavy atom. The zero-order valence-electron chi connectivity index (χ0n) is 5.59. The van der Waals surface area contributed by atoms with Crippen LogP contribution in [0.1, 0.15) is 6.42 Å². The van der Waals surface area contributed by atoms with Gasteiger partial charge in [-0.05, 0) is 0 Å². The second-order valence-corrected chi connectivity index (χ2v) is 7.74. The van der Waals surface area contributed by atoms with E-state index in [1.807, 2.05) is 0 Å². The number of hydrogen-bond donors (Lipinski definition) is 0. The average Bonchev–Trinajstić information content (AvgIpc) is 1.97. The van der Waals surface area contributed by atoms with E-state index in [1.165, 1.54) is 5.21 Å². The van der Waals surface area contributed by atoms with Crippen LogP contribution >= 0.6 is 0 Å². The van der Waals surface area contributed by atoms with E-state index in [2.05, 4.69) is 5.71 Å². The number of ether oxygens (including phenoxy) is 1. The molecule has 0 aromatic rings. The third kappa shape index (κ3) is 2.40. The zero-order chi connectivity index (χ0) is 6.69. The topological polar surface area (TPSA) is 26.3 Å². The summed E-state index contributed by atoms with van der Waals surface area (Å²) in [4.78, 5) is 10.6. The van der Waals surface area contributed by atoms with Gasteiger partial charge in [0.1, 0.15) is 0 Å². The molecule has 1 fully saturated rings. The SMILES string of the molecule is C[As]1CCOC(=O)CC1. The van der Waals surface area contributed by atoms with Crippen LogP contribution in [0.15, 0.2) is 0 Å². The van der Waals surface area contributed by atoms with Crippen LogP contribution in [0.25, 0.3) is 0 Å². The molecule has 1 heterocycles. The molecule has 52 valence electrons. The van der Waals surface area contributed by atoms with E-state index in [1.54, 1.807) is 0 Å². The van der Waals surface area contributed by atoms with Gasteiger partial charge < -0.3 is 0 Å². The predicted octanol–water partition coefficient (Wildman–Crippen LogP) is 1.06. The number of carbonyl (C=O) groups excluding carboxylic acids is 1. The molecule has 1 aliphatic rings. The molecule has 0 bridgehead atoms. The maximum atomic E-state index is 10.6. The number of carbonyl (C=O) groups is 1. The van der Waals surface area contributed by atoms with Crippen LogP contribution < -0.4 is 0 Å². The van der Waals surface area contributed by atoms with Gasteiger partial charge in [-0.2, -0.15) is 0 Å². The van der Waals surface area contributed by atoms with Gasteiger partial charge in [-0.25, -0.2) is 0 Å². The summed E-state index contributed by atoms with van der Waals surface area (Å²) in [6.45, 7) is 0.690. The first-order chi connectivity index (χ1) is 4.29. The van der Waals surface area contributed by atoms with E-state index in [0.29, 0.717) is 13.0 Å². The summed E-state index contributed by atoms with van der Waals surface area (Å²) in [5.74, 6) is 0.00808. The van der Waals surface area contributed by atoms with Crippen LogP contribution in [0, 0.1) is 0 Å². The Bertz CT molecular complexity index is 114. The molecule has 3 heteroatoms. The summed E-state index contributed by atoms with van der Waals surface area (Å²) >= 11 is -0.583. The van der Waals surface area contributed by atoms with Gasteiger partial charge in [0.2, 0.25) is 0 Å². The Kier molecular flexibility index (Phi) is 2.59. The predicted molar refractivity (Wildman–Crippen MR) is 36.8 cm³/mol. The number of cyclic esters (lactones) is 1. The van der Waals surface area contributed by atoms with Crippen molar-refractivity contribution < 1.29 is 9.53 Å². The van der Waals surface area contributed by atoms with E-state index in [0.717, 1.165) is 5.21 Å². The fourth-order valence-electron chi connectivity index (χ4n) is 0.781. The Hall–Kier alpha value is 0.0284. The fourth-order valence-corrected chi connectivity index (χ4v) is 3.28. The molecule has 0 radical (unpaired) electrons. The summed E-state index contributed by atoms with van der Waals surface area (Å²) in [5, 5.41) is 2.32. The van der Waals surface area contributed by atoms with Crippen molar-refractivity contribution in [2.45, 2.75) is 22.5 Å². The molecule has 0 aliphatic carbocycles. The molecule has 0 aromatic carbocycles. The Morgan fingerprint density at radius 3 is 3.11 bits per heavy atom. The zero-order valence-corrected chi connectivity index (χ0v) is 7.47. The Balaban J connectivity index is 2.34. The maximum absolute atomic E-state index is 10.6. The van der Waals surface area contributed by atoms with Crippen LogP contribution in [0.3, 0.4) is 0 Å². The van der Waals surface area contributed by atoms with E-state index in [4.69, 9.17) is 4.74 Å². The van der Waals surface area contributed by atoms with E-state index < -0.39 is 14.7 Å². The van der Waals surface area contributed by atoms with Gasteiger partial charge in [0.05, 0.1) is 0 Å². The second-order valence-electron chi connectivity index (χ2n) is 2.27. The molecule has 1 atom stereocenters. The summed E-state index contributed by atoms with van der Waals surface area (Å²) < 4.78 is 4.87. The van der Waals surface area contributed by atoms with Crippen molar-refractivity contribution in [3.8, 4) is 0 Å². The average molecular weight is 190 g/mol. The molecule has 1 unspecified atom stereocenters. The Morgan fingerprint density at radius 2 is 2.33 bits per heavy atom. The van der Waals surface area contributed by atoms with Gasteiger partial charge in [-0.1, -0.05) is 0 Å². The molecule has 0 N–H and O–H groups in total. The minimum absolute atomic E-state index is 0.00808. The van der Waals surface area contributed by atoms with Crippen molar-refractivity contribution in [3.63, 3.8) is 0 Å². The second kappa shape index (κ2) is 3.26. The van der Waals surface area contributed by atoms with Crippen LogP contribution in [-0.4, -0.2) is 27.2 Å². The van der Waals surface area contributed by atoms with E-state index in [-0.39, 0.29) is 5.97 Å². The quantitative estimate of drug-likeness (QED) is 0.421. The third-order valence-corrected chi connectivity index (χ3v) is 5.49. The summed E-state index contributed by atoms with van der Waals surface area (Å²) in [5.41, 5.74) is 2.30. The molecule has 9 heavy (non-hydrogen) atoms. The number of rotatable bonds is 0. The monoisotopic (exact) mass is 190 g/mol. The van der Waals surface area contributed by atoms with Crippen LogP contribution in [-0.2, 0) is 9.53 Å². The first-order valence-corrected chi connectivity index (χ1v) is 7.66. The minimum atomic E-state index is -0.583. The van der Waals surface area contributed by atoms with Gasteiger partial charge in [-0.15, -0.1) is 0 Å². The summed E-state index contributed by atoms with van der Waals surface area (Å²) in [7, 11) is 0. The van der Waals surface area contributed by atoms with E-state index >= 15 is 0 Å². The molecular weight excluding hydrogens is 179 g/mol. The molecule has 0 saturated carbocycles. The number of hydrogen-bond acceptors (Lipinski definition) is 2. The van der Waals surface area contributed by atoms with Crippen molar-refractivity contribution >= 4 is 20.6 Å². The van der Waals surface area contributed by atoms with Gasteiger partial charge in [0.25, 0.3) is 0 Å². The van der Waals surface area contributed by atoms with Crippen LogP contribution in [0.2, 0.25) is 16.1 Å². The first kappa shape index (κ1) is 7.14. The first-order valence-electron chi connectivity index (χ1n) is 3.13. The van der Waals surface area contributed by atoms with Gasteiger partial charge in [0, 0.05) is 0 Å². The van der Waals surface area contributed by atoms with Gasteiger partial charge in [0.15, 0.2) is 0 Å². The molecule has 2 nitrogen and oxygen atoms in total. The summed E-state index contributed by atoms with van der Waals surface area (Å²) in [6.07, 6.45) is 0.677. The Labute approximate surface area is 59.8 Å². The molecule has 0 amide bonds. The van der Waals surface area contributed by atoms with Gasteiger partial charge in [-0.3, -0.25) is 0 Å². The van der Waals surface area contributed by atoms with Crippen molar-refractivity contribution in [3.05, 3.63) is 0 Å².